The molecule has 3 heterocycles. The number of fused-ring (bicyclic) bond motifs is 1. The van der Waals surface area contributed by atoms with Crippen LogP contribution in [-0.2, 0) is 4.79 Å². The van der Waals surface area contributed by atoms with Crippen LogP contribution in [0.15, 0.2) is 33.2 Å². The maximum absolute atomic E-state index is 12.0. The van der Waals surface area contributed by atoms with Gasteiger partial charge in [-0.1, -0.05) is 13.0 Å². The van der Waals surface area contributed by atoms with Gasteiger partial charge in [0.15, 0.2) is 5.84 Å². The predicted octanol–water partition coefficient (Wildman–Crippen LogP) is 2.78. The summed E-state index contributed by atoms with van der Waals surface area (Å²) in [6.07, 6.45) is 2.46. The van der Waals surface area contributed by atoms with Gasteiger partial charge in [0.25, 0.3) is 5.91 Å². The van der Waals surface area contributed by atoms with Gasteiger partial charge in [-0.05, 0) is 35.7 Å². The van der Waals surface area contributed by atoms with Gasteiger partial charge >= 0.3 is 0 Å². The third-order valence-corrected chi connectivity index (χ3v) is 4.50. The van der Waals surface area contributed by atoms with Gasteiger partial charge in [-0.2, -0.15) is 15.1 Å². The fourth-order valence-corrected chi connectivity index (χ4v) is 3.17. The summed E-state index contributed by atoms with van der Waals surface area (Å²) >= 11 is 2.87. The lowest BCUT2D eigenvalue weighted by Crippen LogP contribution is -2.35. The summed E-state index contributed by atoms with van der Waals surface area (Å²) in [5.74, 6) is -0.274. The lowest BCUT2D eigenvalue weighted by molar-refractivity contribution is -0.114. The highest BCUT2D eigenvalue weighted by Crippen LogP contribution is 2.29. The quantitative estimate of drug-likeness (QED) is 0.851. The van der Waals surface area contributed by atoms with Crippen LogP contribution in [0.1, 0.15) is 18.2 Å². The number of nitrogens with zero attached hydrogens (tertiary/aromatic N) is 3. The SMILES string of the molecule is CCC1=NN2C(=N)C(=Cc3cccs3)C(=O)N=C2S1. The van der Waals surface area contributed by atoms with E-state index in [1.165, 1.54) is 28.1 Å². The first-order chi connectivity index (χ1) is 9.19. The Morgan fingerprint density at radius 2 is 2.37 bits per heavy atom. The van der Waals surface area contributed by atoms with Crippen LogP contribution in [0.3, 0.4) is 0 Å². The Morgan fingerprint density at radius 1 is 1.53 bits per heavy atom. The molecule has 0 bridgehead atoms. The molecule has 5 nitrogen and oxygen atoms in total. The largest absolute Gasteiger partial charge is 0.283 e. The number of thiophene rings is 1. The number of thioether (sulfide) groups is 1. The van der Waals surface area contributed by atoms with Crippen molar-refractivity contribution < 1.29 is 4.79 Å². The van der Waals surface area contributed by atoms with Crippen LogP contribution in [0.25, 0.3) is 6.08 Å². The zero-order chi connectivity index (χ0) is 13.4. The number of aliphatic imine (C=N–C) groups is 1. The van der Waals surface area contributed by atoms with Crippen molar-refractivity contribution in [3.8, 4) is 0 Å². The molecule has 2 aliphatic rings. The second-order valence-electron chi connectivity index (χ2n) is 3.88. The summed E-state index contributed by atoms with van der Waals surface area (Å²) in [4.78, 5) is 16.9. The maximum Gasteiger partial charge on any atom is 0.283 e. The summed E-state index contributed by atoms with van der Waals surface area (Å²) in [5.41, 5.74) is 0.285. The molecule has 0 atom stereocenters. The smallest absolute Gasteiger partial charge is 0.282 e. The number of hydrazone groups is 1. The van der Waals surface area contributed by atoms with Crippen LogP contribution in [0, 0.1) is 5.41 Å². The van der Waals surface area contributed by atoms with Gasteiger partial charge in [0.2, 0.25) is 5.17 Å². The van der Waals surface area contributed by atoms with Gasteiger partial charge in [0, 0.05) is 4.88 Å². The van der Waals surface area contributed by atoms with Crippen molar-refractivity contribution in [2.45, 2.75) is 13.3 Å². The van der Waals surface area contributed by atoms with Gasteiger partial charge in [-0.15, -0.1) is 11.3 Å². The summed E-state index contributed by atoms with van der Waals surface area (Å²) in [7, 11) is 0. The highest BCUT2D eigenvalue weighted by molar-refractivity contribution is 8.26. The first-order valence-electron chi connectivity index (χ1n) is 5.71. The molecular weight excluding hydrogens is 280 g/mol. The zero-order valence-electron chi connectivity index (χ0n) is 10.1. The van der Waals surface area contributed by atoms with Gasteiger partial charge in [-0.3, -0.25) is 10.2 Å². The molecule has 0 saturated carbocycles. The normalized spacial score (nSPS) is 20.7. The number of hydrogen-bond acceptors (Lipinski definition) is 5. The van der Waals surface area contributed by atoms with E-state index in [-0.39, 0.29) is 17.3 Å². The number of amides is 1. The molecule has 1 aromatic rings. The maximum atomic E-state index is 12.0. The summed E-state index contributed by atoms with van der Waals surface area (Å²) in [5, 5.41) is 17.1. The number of carbonyl (C=O) groups excluding carboxylic acids is 1. The third-order valence-electron chi connectivity index (χ3n) is 2.63. The van der Waals surface area contributed by atoms with E-state index >= 15 is 0 Å². The number of rotatable bonds is 2. The standard InChI is InChI=1S/C12H10N4OS2/c1-2-9-15-16-10(13)8(6-7-4-3-5-18-7)11(17)14-12(16)19-9/h3-6,13H,2H2,1H3. The number of nitrogens with one attached hydrogen (secondary N) is 1. The molecule has 1 amide bonds. The van der Waals surface area contributed by atoms with Crippen LogP contribution in [0.2, 0.25) is 0 Å². The third kappa shape index (κ3) is 2.15. The van der Waals surface area contributed by atoms with Crippen molar-refractivity contribution in [3.05, 3.63) is 28.0 Å². The summed E-state index contributed by atoms with van der Waals surface area (Å²) < 4.78 is 0. The van der Waals surface area contributed by atoms with Crippen LogP contribution >= 0.6 is 23.1 Å². The molecule has 0 fully saturated rings. The first kappa shape index (κ1) is 12.3. The van der Waals surface area contributed by atoms with E-state index < -0.39 is 0 Å². The molecule has 0 radical (unpaired) electrons. The van der Waals surface area contributed by atoms with Crippen LogP contribution in [0.4, 0.5) is 0 Å². The fourth-order valence-electron chi connectivity index (χ4n) is 1.69. The highest BCUT2D eigenvalue weighted by Gasteiger charge is 2.34. The molecule has 1 aromatic heterocycles. The lowest BCUT2D eigenvalue weighted by Gasteiger charge is -2.19. The molecule has 96 valence electrons. The minimum atomic E-state index is -0.371. The Kier molecular flexibility index (Phi) is 3.08. The molecule has 7 heteroatoms. The Labute approximate surface area is 118 Å². The van der Waals surface area contributed by atoms with E-state index in [4.69, 9.17) is 5.41 Å². The Hall–Kier alpha value is -1.73. The molecule has 0 spiro atoms. The molecule has 0 unspecified atom stereocenters. The van der Waals surface area contributed by atoms with E-state index in [1.54, 1.807) is 6.08 Å². The molecule has 3 rings (SSSR count). The molecule has 0 aliphatic carbocycles. The Balaban J connectivity index is 2.00. The van der Waals surface area contributed by atoms with Gasteiger partial charge in [0.1, 0.15) is 5.04 Å². The monoisotopic (exact) mass is 290 g/mol. The highest BCUT2D eigenvalue weighted by atomic mass is 32.2. The number of hydrogen-bond donors (Lipinski definition) is 1. The zero-order valence-corrected chi connectivity index (χ0v) is 11.7. The average Bonchev–Trinajstić information content (AvgIpc) is 3.03. The van der Waals surface area contributed by atoms with Crippen molar-refractivity contribution in [1.82, 2.24) is 5.01 Å². The van der Waals surface area contributed by atoms with Crippen molar-refractivity contribution >= 4 is 51.1 Å². The first-order valence-corrected chi connectivity index (χ1v) is 7.41. The van der Waals surface area contributed by atoms with Crippen LogP contribution in [0.5, 0.6) is 0 Å². The summed E-state index contributed by atoms with van der Waals surface area (Å²) in [6, 6.07) is 3.80. The topological polar surface area (TPSA) is 68.9 Å². The van der Waals surface area contributed by atoms with Crippen molar-refractivity contribution in [3.63, 3.8) is 0 Å². The van der Waals surface area contributed by atoms with Gasteiger partial charge < -0.3 is 0 Å². The second-order valence-corrected chi connectivity index (χ2v) is 5.90. The van der Waals surface area contributed by atoms with Crippen molar-refractivity contribution in [1.29, 1.82) is 5.41 Å². The average molecular weight is 290 g/mol. The van der Waals surface area contributed by atoms with Crippen LogP contribution in [-0.4, -0.2) is 27.0 Å². The molecule has 0 aromatic carbocycles. The number of carbonyl (C=O) groups is 1. The molecule has 0 saturated heterocycles. The molecule has 19 heavy (non-hydrogen) atoms. The minimum absolute atomic E-state index is 0.0966. The minimum Gasteiger partial charge on any atom is -0.282 e. The molecule has 2 aliphatic heterocycles. The van der Waals surface area contributed by atoms with Gasteiger partial charge in [0.05, 0.1) is 5.57 Å². The Bertz CT molecular complexity index is 643. The van der Waals surface area contributed by atoms with E-state index in [0.29, 0.717) is 5.17 Å². The van der Waals surface area contributed by atoms with E-state index in [9.17, 15) is 4.79 Å². The fraction of sp³-hybridized carbons (Fsp3) is 0.167. The van der Waals surface area contributed by atoms with Crippen molar-refractivity contribution in [2.24, 2.45) is 10.1 Å². The summed E-state index contributed by atoms with van der Waals surface area (Å²) in [6.45, 7) is 1.98. The molecular formula is C12H10N4OS2. The van der Waals surface area contributed by atoms with Gasteiger partial charge in [-0.25, -0.2) is 0 Å². The van der Waals surface area contributed by atoms with E-state index in [0.717, 1.165) is 16.3 Å². The Morgan fingerprint density at radius 3 is 3.05 bits per heavy atom. The predicted molar refractivity (Wildman–Crippen MR) is 79.6 cm³/mol. The van der Waals surface area contributed by atoms with E-state index in [2.05, 4.69) is 10.1 Å². The number of amidine groups is 2. The van der Waals surface area contributed by atoms with Crippen molar-refractivity contribution in [2.75, 3.05) is 0 Å². The molecule has 1 N–H and O–H groups in total. The van der Waals surface area contributed by atoms with Crippen LogP contribution < -0.4 is 0 Å². The second kappa shape index (κ2) is 4.75. The lowest BCUT2D eigenvalue weighted by atomic mass is 10.1. The van der Waals surface area contributed by atoms with E-state index in [1.807, 2.05) is 24.4 Å².